The molecule has 0 saturated heterocycles. The first kappa shape index (κ1) is 20.0. The van der Waals surface area contributed by atoms with Gasteiger partial charge in [-0.2, -0.15) is 0 Å². The van der Waals surface area contributed by atoms with Crippen LogP contribution in [0.4, 0.5) is 27.6 Å². The van der Waals surface area contributed by atoms with Crippen molar-refractivity contribution in [1.29, 1.82) is 0 Å². The molecule has 0 aliphatic heterocycles. The predicted molar refractivity (Wildman–Crippen MR) is 67.2 cm³/mol. The molecule has 0 fully saturated rings. The Hall–Kier alpha value is -1.000. The second kappa shape index (κ2) is 8.44. The Morgan fingerprint density at radius 3 is 1.33 bits per heavy atom. The van der Waals surface area contributed by atoms with Crippen LogP contribution in [0.3, 0.4) is 0 Å². The van der Waals surface area contributed by atoms with E-state index in [9.17, 15) is 27.6 Å². The second-order valence-electron chi connectivity index (χ2n) is 4.70. The van der Waals surface area contributed by atoms with Gasteiger partial charge in [0.25, 0.3) is 0 Å². The van der Waals surface area contributed by atoms with Crippen molar-refractivity contribution in [3.05, 3.63) is 0 Å². The molecule has 21 heavy (non-hydrogen) atoms. The number of hydrogen-bond acceptors (Lipinski definition) is 4. The Kier molecular flexibility index (Phi) is 8.04. The third kappa shape index (κ3) is 6.53. The van der Waals surface area contributed by atoms with Crippen molar-refractivity contribution in [2.24, 2.45) is 0 Å². The van der Waals surface area contributed by atoms with Crippen LogP contribution in [-0.4, -0.2) is 26.8 Å². The zero-order chi connectivity index (χ0) is 16.7. The molecule has 0 unspecified atom stereocenters. The van der Waals surface area contributed by atoms with E-state index in [1.54, 1.807) is 33.0 Å². The van der Waals surface area contributed by atoms with Crippen LogP contribution in [0.1, 0.15) is 20.8 Å². The van der Waals surface area contributed by atoms with E-state index in [0.29, 0.717) is 18.1 Å². The predicted octanol–water partition coefficient (Wildman–Crippen LogP) is 2.86. The third-order valence-corrected chi connectivity index (χ3v) is 20.0. The summed E-state index contributed by atoms with van der Waals surface area (Å²) < 4.78 is 48.5. The van der Waals surface area contributed by atoms with E-state index >= 15 is 0 Å². The number of amides is 3. The van der Waals surface area contributed by atoms with E-state index in [4.69, 9.17) is 3.25 Å². The summed E-state index contributed by atoms with van der Waals surface area (Å²) in [5.74, 6) is 0. The molecule has 0 aromatic carbocycles. The van der Waals surface area contributed by atoms with Crippen molar-refractivity contribution in [2.75, 3.05) is 0 Å². The fourth-order valence-corrected chi connectivity index (χ4v) is 19.6. The Morgan fingerprint density at radius 1 is 0.857 bits per heavy atom. The number of nitrogens with one attached hydrogen (secondary N) is 3. The van der Waals surface area contributed by atoms with Crippen LogP contribution in [0.2, 0.25) is 18.1 Å². The third-order valence-electron chi connectivity index (χ3n) is 3.62. The molecule has 7 nitrogen and oxygen atoms in total. The van der Waals surface area contributed by atoms with Gasteiger partial charge in [0, 0.05) is 0 Å². The molecule has 3 N–H and O–H groups in total. The Morgan fingerprint density at radius 2 is 1.14 bits per heavy atom. The maximum absolute atomic E-state index is 12.7. The molecule has 0 radical (unpaired) electrons. The fraction of sp³-hybridized carbons (Fsp3) is 0.667. The van der Waals surface area contributed by atoms with Crippen molar-refractivity contribution in [3.63, 3.8) is 0 Å². The van der Waals surface area contributed by atoms with Crippen molar-refractivity contribution in [2.45, 2.75) is 38.9 Å². The van der Waals surface area contributed by atoms with Crippen molar-refractivity contribution in [1.82, 2.24) is 12.2 Å². The molecule has 3 amide bonds. The van der Waals surface area contributed by atoms with E-state index in [1.807, 2.05) is 0 Å². The number of halogens is 3. The van der Waals surface area contributed by atoms with Crippen LogP contribution >= 0.6 is 0 Å². The van der Waals surface area contributed by atoms with Gasteiger partial charge < -0.3 is 0 Å². The average molecular weight is 383 g/mol. The van der Waals surface area contributed by atoms with Crippen LogP contribution in [-0.2, 0) is 19.1 Å². The first-order valence-electron chi connectivity index (χ1n) is 6.66. The molecule has 120 valence electrons. The van der Waals surface area contributed by atoms with E-state index < -0.39 is 42.7 Å². The molecule has 0 heterocycles. The van der Waals surface area contributed by atoms with E-state index in [1.165, 1.54) is 0 Å². The van der Waals surface area contributed by atoms with Gasteiger partial charge >= 0.3 is 125 Å². The molecular weight excluding hydrogens is 365 g/mol. The fourth-order valence-electron chi connectivity index (χ4n) is 2.34. The van der Waals surface area contributed by atoms with Crippen molar-refractivity contribution < 1.29 is 46.7 Å². The standard InChI is InChI=1S/C6H15OSi.3CH2FNO.Zn/c1-4-8(7,5-2)6-3;3*2-1(3)4;/h4-6H2,1-3H3;3*(H2,3,4);/q-1;;;;+4/p-3. The number of carbonyl (C=O) groups is 3. The summed E-state index contributed by atoms with van der Waals surface area (Å²) in [6.07, 6.45) is -6.45. The Balaban J connectivity index is 5.65. The molecule has 0 aliphatic carbocycles. The molecule has 0 saturated carbocycles. The molecule has 0 atom stereocenters. The number of rotatable bonds is 8. The van der Waals surface area contributed by atoms with Gasteiger partial charge in [-0.1, -0.05) is 0 Å². The van der Waals surface area contributed by atoms with Crippen molar-refractivity contribution >= 4 is 26.8 Å². The minimum absolute atomic E-state index is 0.493. The zero-order valence-electron chi connectivity index (χ0n) is 12.1. The molecule has 0 bridgehead atoms. The Bertz CT molecular complexity index is 363. The number of hydrogen-bond donors (Lipinski definition) is 3. The first-order chi connectivity index (χ1) is 9.64. The van der Waals surface area contributed by atoms with Gasteiger partial charge in [0.05, 0.1) is 0 Å². The summed E-state index contributed by atoms with van der Waals surface area (Å²) in [5.41, 5.74) is 0. The summed E-state index contributed by atoms with van der Waals surface area (Å²) >= 11 is -5.54. The SMILES string of the molecule is CC[Si](CC)(CC)[O][Zn]([NH]C(=O)F)([NH]C(=O)F)[NH]C(=O)F. The van der Waals surface area contributed by atoms with Crippen LogP contribution < -0.4 is 12.2 Å². The van der Waals surface area contributed by atoms with Gasteiger partial charge in [0.1, 0.15) is 0 Å². The van der Waals surface area contributed by atoms with Gasteiger partial charge in [-0.3, -0.25) is 0 Å². The summed E-state index contributed by atoms with van der Waals surface area (Å²) in [6.45, 7) is 5.30. The van der Waals surface area contributed by atoms with Crippen LogP contribution in [0.15, 0.2) is 0 Å². The summed E-state index contributed by atoms with van der Waals surface area (Å²) in [5, 5.41) is 0. The van der Waals surface area contributed by atoms with E-state index in [0.717, 1.165) is 0 Å². The normalized spacial score (nSPS) is 11.0. The first-order valence-corrected chi connectivity index (χ1v) is 14.9. The molecular formula is C9H18F3N3O4SiZn. The topological polar surface area (TPSA) is 96.5 Å². The maximum atomic E-state index is 12.7. The summed E-state index contributed by atoms with van der Waals surface area (Å²) in [6, 6.07) is 1.48. The van der Waals surface area contributed by atoms with Gasteiger partial charge in [-0.25, -0.2) is 0 Å². The molecule has 0 aromatic heterocycles. The molecule has 0 rings (SSSR count). The second-order valence-corrected chi connectivity index (χ2v) is 17.6. The number of carbonyl (C=O) groups excluding carboxylic acids is 3. The van der Waals surface area contributed by atoms with Gasteiger partial charge in [-0.05, 0) is 0 Å². The molecule has 0 aromatic rings. The van der Waals surface area contributed by atoms with Crippen LogP contribution in [0.25, 0.3) is 0 Å². The molecule has 0 aliphatic rings. The van der Waals surface area contributed by atoms with E-state index in [-0.39, 0.29) is 0 Å². The minimum atomic E-state index is -5.54. The van der Waals surface area contributed by atoms with Crippen LogP contribution in [0, 0.1) is 0 Å². The van der Waals surface area contributed by atoms with Gasteiger partial charge in [0.15, 0.2) is 0 Å². The summed E-state index contributed by atoms with van der Waals surface area (Å²) in [4.78, 5) is 31.9. The average Bonchev–Trinajstić information content (AvgIpc) is 2.33. The summed E-state index contributed by atoms with van der Waals surface area (Å²) in [7, 11) is -2.60. The quantitative estimate of drug-likeness (QED) is 0.341. The van der Waals surface area contributed by atoms with Crippen molar-refractivity contribution in [3.8, 4) is 0 Å². The van der Waals surface area contributed by atoms with Gasteiger partial charge in [-0.15, -0.1) is 0 Å². The molecule has 12 heteroatoms. The Labute approximate surface area is 125 Å². The zero-order valence-corrected chi connectivity index (χ0v) is 16.1. The molecule has 0 spiro atoms. The van der Waals surface area contributed by atoms with E-state index in [2.05, 4.69) is 0 Å². The van der Waals surface area contributed by atoms with Crippen LogP contribution in [0.5, 0.6) is 0 Å². The van der Waals surface area contributed by atoms with Gasteiger partial charge in [0.2, 0.25) is 0 Å². The monoisotopic (exact) mass is 381 g/mol.